The molecule has 1 aliphatic heterocycles. The highest BCUT2D eigenvalue weighted by Gasteiger charge is 2.42. The number of hydrogen-bond acceptors (Lipinski definition) is 10. The fourth-order valence-electron chi connectivity index (χ4n) is 5.65. The number of piperazine rings is 1. The van der Waals surface area contributed by atoms with Gasteiger partial charge in [-0.25, -0.2) is 13.6 Å². The van der Waals surface area contributed by atoms with Gasteiger partial charge in [0.1, 0.15) is 30.8 Å². The highest BCUT2D eigenvalue weighted by molar-refractivity contribution is 6.31. The molecule has 15 heteroatoms. The van der Waals surface area contributed by atoms with Gasteiger partial charge < -0.3 is 28.9 Å². The van der Waals surface area contributed by atoms with Gasteiger partial charge in [0.25, 0.3) is 0 Å². The summed E-state index contributed by atoms with van der Waals surface area (Å²) in [6.07, 6.45) is 3.01. The van der Waals surface area contributed by atoms with Gasteiger partial charge in [-0.1, -0.05) is 29.8 Å². The summed E-state index contributed by atoms with van der Waals surface area (Å²) in [6.45, 7) is 1.54. The Morgan fingerprint density at radius 2 is 1.62 bits per heavy atom. The zero-order chi connectivity index (χ0) is 35.5. The van der Waals surface area contributed by atoms with E-state index in [2.05, 4.69) is 4.84 Å². The van der Waals surface area contributed by atoms with E-state index in [-0.39, 0.29) is 56.1 Å². The molecule has 1 heterocycles. The summed E-state index contributed by atoms with van der Waals surface area (Å²) < 4.78 is 43.8. The number of benzene rings is 3. The van der Waals surface area contributed by atoms with Crippen molar-refractivity contribution in [3.05, 3.63) is 89.0 Å². The predicted octanol–water partition coefficient (Wildman–Crippen LogP) is 6.08. The lowest BCUT2D eigenvalue weighted by Gasteiger charge is -2.43. The van der Waals surface area contributed by atoms with Gasteiger partial charge in [0.15, 0.2) is 11.6 Å². The standard InChI is InChI=1S/C35H41ClF2N4O8/c36-30-7-3-2-6-25(30)23-41(28-9-10-28)34(43)32-24-39(35(44)49-18-4-1-5-19-50-42(45)46)16-17-40(32)27-11-13-29(14-12-27)47-20-21-48-33-22-26(37)8-15-31(33)38/h2-3,6-8,11-15,22,28,32,45-46H,1,4-5,9-10,16-21,23-24H2/t32-/m1/s1. The van der Waals surface area contributed by atoms with Crippen LogP contribution in [0.1, 0.15) is 37.7 Å². The fourth-order valence-corrected chi connectivity index (χ4v) is 5.85. The zero-order valence-corrected chi connectivity index (χ0v) is 28.2. The van der Waals surface area contributed by atoms with Crippen molar-refractivity contribution >= 4 is 29.3 Å². The van der Waals surface area contributed by atoms with Crippen molar-refractivity contribution in [1.29, 1.82) is 0 Å². The normalized spacial score (nSPS) is 16.0. The van der Waals surface area contributed by atoms with Crippen LogP contribution in [0, 0.1) is 11.6 Å². The summed E-state index contributed by atoms with van der Waals surface area (Å²) >= 11 is 6.48. The molecule has 1 atom stereocenters. The van der Waals surface area contributed by atoms with Crippen LogP contribution in [0.15, 0.2) is 66.7 Å². The van der Waals surface area contributed by atoms with Crippen molar-refractivity contribution in [2.24, 2.45) is 0 Å². The molecule has 5 rings (SSSR count). The monoisotopic (exact) mass is 718 g/mol. The molecule has 3 aromatic carbocycles. The third kappa shape index (κ3) is 10.6. The molecular weight excluding hydrogens is 678 g/mol. The molecule has 2 N–H and O–H groups in total. The molecule has 2 fully saturated rings. The Labute approximate surface area is 294 Å². The van der Waals surface area contributed by atoms with E-state index in [1.807, 2.05) is 40.1 Å². The Morgan fingerprint density at radius 3 is 2.36 bits per heavy atom. The fraction of sp³-hybridized carbons (Fsp3) is 0.429. The van der Waals surface area contributed by atoms with E-state index in [9.17, 15) is 18.4 Å². The van der Waals surface area contributed by atoms with Crippen LogP contribution in [0.5, 0.6) is 11.5 Å². The smallest absolute Gasteiger partial charge is 0.409 e. The van der Waals surface area contributed by atoms with E-state index in [1.54, 1.807) is 23.1 Å². The lowest BCUT2D eigenvalue weighted by Crippen LogP contribution is -2.61. The summed E-state index contributed by atoms with van der Waals surface area (Å²) in [6, 6.07) is 17.0. The first-order chi connectivity index (χ1) is 24.2. The molecule has 2 aliphatic rings. The summed E-state index contributed by atoms with van der Waals surface area (Å²) in [5, 5.41) is 17.5. The lowest BCUT2D eigenvalue weighted by atomic mass is 10.1. The number of unbranched alkanes of at least 4 members (excludes halogenated alkanes) is 2. The van der Waals surface area contributed by atoms with E-state index >= 15 is 0 Å². The molecule has 270 valence electrons. The average Bonchev–Trinajstić information content (AvgIpc) is 3.96. The highest BCUT2D eigenvalue weighted by Crippen LogP contribution is 2.33. The molecule has 1 aliphatic carbocycles. The molecule has 2 amide bonds. The molecule has 0 aromatic heterocycles. The summed E-state index contributed by atoms with van der Waals surface area (Å²) in [7, 11) is 0. The Balaban J connectivity index is 1.23. The zero-order valence-electron chi connectivity index (χ0n) is 27.5. The first-order valence-electron chi connectivity index (χ1n) is 16.5. The molecular formula is C35H41ClF2N4O8. The number of carbonyl (C=O) groups excluding carboxylic acids is 2. The van der Waals surface area contributed by atoms with Crippen LogP contribution in [-0.4, -0.2) is 95.8 Å². The SMILES string of the molecule is O=C(OCCCCCON(O)O)N1CCN(c2ccc(OCCOc3cc(F)ccc3F)cc2)[C@@H](C(=O)N(Cc2ccccc2Cl)C2CC2)C1. The maximum atomic E-state index is 14.4. The molecule has 0 radical (unpaired) electrons. The number of nitrogens with zero attached hydrogens (tertiary/aromatic N) is 4. The Hall–Kier alpha value is -4.21. The van der Waals surface area contributed by atoms with Gasteiger partial charge in [-0.15, -0.1) is 0 Å². The summed E-state index contributed by atoms with van der Waals surface area (Å²) in [4.78, 5) is 37.4. The molecule has 12 nitrogen and oxygen atoms in total. The van der Waals surface area contributed by atoms with Crippen LogP contribution >= 0.6 is 11.6 Å². The topological polar surface area (TPSA) is 124 Å². The van der Waals surface area contributed by atoms with Crippen molar-refractivity contribution in [3.63, 3.8) is 0 Å². The highest BCUT2D eigenvalue weighted by atomic mass is 35.5. The van der Waals surface area contributed by atoms with E-state index in [1.165, 1.54) is 0 Å². The molecule has 0 bridgehead atoms. The molecule has 0 unspecified atom stereocenters. The predicted molar refractivity (Wildman–Crippen MR) is 178 cm³/mol. The van der Waals surface area contributed by atoms with E-state index in [0.29, 0.717) is 49.7 Å². The van der Waals surface area contributed by atoms with Gasteiger partial charge in [0.2, 0.25) is 5.91 Å². The van der Waals surface area contributed by atoms with E-state index in [0.717, 1.165) is 42.3 Å². The first kappa shape index (κ1) is 37.1. The third-order valence-corrected chi connectivity index (χ3v) is 8.75. The summed E-state index contributed by atoms with van der Waals surface area (Å²) in [5.41, 5.74) is 1.61. The minimum absolute atomic E-state index is 0.000222. The van der Waals surface area contributed by atoms with Crippen LogP contribution in [0.25, 0.3) is 0 Å². The largest absolute Gasteiger partial charge is 0.490 e. The van der Waals surface area contributed by atoms with Gasteiger partial charge in [-0.2, -0.15) is 0 Å². The van der Waals surface area contributed by atoms with Crippen molar-refractivity contribution in [2.45, 2.75) is 50.7 Å². The number of amides is 2. The number of ether oxygens (including phenoxy) is 3. The minimum atomic E-state index is -0.697. The van der Waals surface area contributed by atoms with Gasteiger partial charge in [-0.05, 0) is 80.1 Å². The van der Waals surface area contributed by atoms with Gasteiger partial charge in [0, 0.05) is 42.5 Å². The Bertz CT molecular complexity index is 1570. The van der Waals surface area contributed by atoms with Crippen LogP contribution in [0.2, 0.25) is 5.02 Å². The van der Waals surface area contributed by atoms with E-state index in [4.69, 9.17) is 36.2 Å². The van der Waals surface area contributed by atoms with Crippen molar-refractivity contribution in [1.82, 2.24) is 15.2 Å². The van der Waals surface area contributed by atoms with Crippen molar-refractivity contribution < 1.29 is 47.8 Å². The third-order valence-electron chi connectivity index (χ3n) is 8.39. The van der Waals surface area contributed by atoms with Gasteiger partial charge in [-0.3, -0.25) is 20.0 Å². The minimum Gasteiger partial charge on any atom is -0.490 e. The molecule has 1 saturated carbocycles. The maximum absolute atomic E-state index is 14.4. The van der Waals surface area contributed by atoms with Crippen molar-refractivity contribution in [2.75, 3.05) is 51.0 Å². The van der Waals surface area contributed by atoms with Crippen molar-refractivity contribution in [3.8, 4) is 11.5 Å². The number of rotatable bonds is 17. The molecule has 0 spiro atoms. The maximum Gasteiger partial charge on any atom is 0.409 e. The lowest BCUT2D eigenvalue weighted by molar-refractivity contribution is -0.492. The number of hydrogen-bond donors (Lipinski definition) is 2. The quantitative estimate of drug-likeness (QED) is 0.125. The Kier molecular flexibility index (Phi) is 13.5. The molecule has 3 aromatic rings. The second kappa shape index (κ2) is 18.2. The van der Waals surface area contributed by atoms with Crippen LogP contribution in [0.4, 0.5) is 19.3 Å². The summed E-state index contributed by atoms with van der Waals surface area (Å²) in [5.74, 6) is -1.05. The molecule has 50 heavy (non-hydrogen) atoms. The van der Waals surface area contributed by atoms with Crippen LogP contribution < -0.4 is 14.4 Å². The number of carbonyl (C=O) groups is 2. The first-order valence-corrected chi connectivity index (χ1v) is 16.9. The van der Waals surface area contributed by atoms with E-state index < -0.39 is 23.8 Å². The number of halogens is 3. The van der Waals surface area contributed by atoms with Crippen LogP contribution in [0.3, 0.4) is 0 Å². The van der Waals surface area contributed by atoms with Gasteiger partial charge in [0.05, 0.1) is 25.1 Å². The van der Waals surface area contributed by atoms with Crippen LogP contribution in [-0.2, 0) is 20.9 Å². The number of anilines is 1. The molecule has 1 saturated heterocycles. The second-order valence-corrected chi connectivity index (χ2v) is 12.4. The van der Waals surface area contributed by atoms with Gasteiger partial charge >= 0.3 is 6.09 Å². The Morgan fingerprint density at radius 1 is 0.880 bits per heavy atom. The second-order valence-electron chi connectivity index (χ2n) is 12.0. The average molecular weight is 719 g/mol.